The fourth-order valence-electron chi connectivity index (χ4n) is 2.56. The van der Waals surface area contributed by atoms with Crippen LogP contribution in [-0.4, -0.2) is 50.0 Å². The van der Waals surface area contributed by atoms with Crippen LogP contribution in [0, 0.1) is 0 Å². The second kappa shape index (κ2) is 11.9. The molecular weight excluding hydrogens is 484 g/mol. The van der Waals surface area contributed by atoms with Crippen molar-refractivity contribution in [3.05, 3.63) is 64.0 Å². The first-order valence-electron chi connectivity index (χ1n) is 9.64. The molecule has 0 saturated carbocycles. The molecule has 0 radical (unpaired) electrons. The molecule has 0 bridgehead atoms. The highest BCUT2D eigenvalue weighted by Crippen LogP contribution is 2.28. The minimum absolute atomic E-state index is 0.155. The number of carbonyl (C=O) groups excluding carboxylic acids is 3. The number of thioether (sulfide) groups is 1. The van der Waals surface area contributed by atoms with E-state index < -0.39 is 11.9 Å². The van der Waals surface area contributed by atoms with E-state index in [0.717, 1.165) is 17.8 Å². The normalized spacial score (nSPS) is 15.4. The smallest absolute Gasteiger partial charge is 0.331 e. The highest BCUT2D eigenvalue weighted by molar-refractivity contribution is 8.18. The predicted molar refractivity (Wildman–Crippen MR) is 129 cm³/mol. The van der Waals surface area contributed by atoms with Crippen LogP contribution in [0.3, 0.4) is 0 Å². The van der Waals surface area contributed by atoms with Crippen molar-refractivity contribution in [3.8, 4) is 11.5 Å². The minimum Gasteiger partial charge on any atom is -0.493 e. The fourth-order valence-corrected chi connectivity index (χ4v) is 3.49. The Morgan fingerprint density at radius 3 is 2.71 bits per heavy atom. The van der Waals surface area contributed by atoms with Crippen molar-refractivity contribution in [3.63, 3.8) is 0 Å². The van der Waals surface area contributed by atoms with Crippen molar-refractivity contribution in [2.75, 3.05) is 26.1 Å². The molecule has 0 aliphatic carbocycles. The molecule has 0 aromatic heterocycles. The SMILES string of the molecule is COC(=O)/C=C1/S/C(=N\N=Cc2ccc(OCC(=O)Nc3ccccc3Cl)c(OC)c2)NC1=O. The summed E-state index contributed by atoms with van der Waals surface area (Å²) in [6.45, 7) is -0.249. The van der Waals surface area contributed by atoms with Gasteiger partial charge in [0.1, 0.15) is 0 Å². The summed E-state index contributed by atoms with van der Waals surface area (Å²) in [5, 5.41) is 13.7. The van der Waals surface area contributed by atoms with Crippen LogP contribution in [0.15, 0.2) is 63.6 Å². The van der Waals surface area contributed by atoms with Gasteiger partial charge in [-0.2, -0.15) is 5.10 Å². The van der Waals surface area contributed by atoms with Crippen molar-refractivity contribution in [2.45, 2.75) is 0 Å². The number of methoxy groups -OCH3 is 2. The first-order valence-corrected chi connectivity index (χ1v) is 10.8. The van der Waals surface area contributed by atoms with Gasteiger partial charge in [0.25, 0.3) is 11.8 Å². The van der Waals surface area contributed by atoms with Crippen LogP contribution in [0.1, 0.15) is 5.56 Å². The molecule has 10 nitrogen and oxygen atoms in total. The molecule has 2 aromatic rings. The second-order valence-corrected chi connectivity index (χ2v) is 7.90. The number of hydrogen-bond acceptors (Lipinski definition) is 9. The molecule has 12 heteroatoms. The number of nitrogens with one attached hydrogen (secondary N) is 2. The Balaban J connectivity index is 1.60. The van der Waals surface area contributed by atoms with Gasteiger partial charge in [0.2, 0.25) is 0 Å². The minimum atomic E-state index is -0.641. The number of esters is 1. The van der Waals surface area contributed by atoms with E-state index in [1.807, 2.05) is 0 Å². The Morgan fingerprint density at radius 2 is 1.97 bits per heavy atom. The summed E-state index contributed by atoms with van der Waals surface area (Å²) >= 11 is 7.00. The van der Waals surface area contributed by atoms with Gasteiger partial charge in [0.05, 0.1) is 36.0 Å². The molecule has 0 unspecified atom stereocenters. The molecular formula is C22H19ClN4O6S. The zero-order valence-electron chi connectivity index (χ0n) is 18.0. The summed E-state index contributed by atoms with van der Waals surface area (Å²) in [7, 11) is 2.68. The number of ether oxygens (including phenoxy) is 3. The van der Waals surface area contributed by atoms with Gasteiger partial charge in [0, 0.05) is 6.08 Å². The number of amides is 2. The van der Waals surface area contributed by atoms with Gasteiger partial charge < -0.3 is 19.5 Å². The van der Waals surface area contributed by atoms with Gasteiger partial charge in [-0.05, 0) is 47.7 Å². The van der Waals surface area contributed by atoms with E-state index >= 15 is 0 Å². The van der Waals surface area contributed by atoms with Gasteiger partial charge in [-0.1, -0.05) is 23.7 Å². The number of rotatable bonds is 8. The number of para-hydroxylation sites is 1. The molecule has 0 spiro atoms. The Hall–Kier alpha value is -3.83. The van der Waals surface area contributed by atoms with Gasteiger partial charge >= 0.3 is 5.97 Å². The Bertz CT molecular complexity index is 1200. The van der Waals surface area contributed by atoms with Gasteiger partial charge in [-0.25, -0.2) is 4.79 Å². The van der Waals surface area contributed by atoms with E-state index in [1.165, 1.54) is 20.4 Å². The van der Waals surface area contributed by atoms with Gasteiger partial charge in [-0.15, -0.1) is 5.10 Å². The molecule has 2 N–H and O–H groups in total. The van der Waals surface area contributed by atoms with Crippen molar-refractivity contribution < 1.29 is 28.6 Å². The maximum atomic E-state index is 12.2. The van der Waals surface area contributed by atoms with Crippen molar-refractivity contribution in [1.29, 1.82) is 0 Å². The molecule has 176 valence electrons. The Morgan fingerprint density at radius 1 is 1.18 bits per heavy atom. The van der Waals surface area contributed by atoms with E-state index in [-0.39, 0.29) is 22.6 Å². The standard InChI is InChI=1S/C22H19ClN4O6S/c1-31-17-9-13(11-24-27-22-26-21(30)18(34-22)10-20(29)32-2)7-8-16(17)33-12-19(28)25-15-6-4-3-5-14(15)23/h3-11H,12H2,1-2H3,(H,25,28)(H,26,27,30)/b18-10+,24-11?. The molecule has 1 aliphatic rings. The maximum absolute atomic E-state index is 12.2. The lowest BCUT2D eigenvalue weighted by Crippen LogP contribution is -2.20. The second-order valence-electron chi connectivity index (χ2n) is 6.46. The van der Waals surface area contributed by atoms with Crippen molar-refractivity contribution in [2.24, 2.45) is 10.2 Å². The first-order chi connectivity index (χ1) is 16.4. The summed E-state index contributed by atoms with van der Waals surface area (Å²) in [5.74, 6) is -0.747. The van der Waals surface area contributed by atoms with Gasteiger partial charge in [0.15, 0.2) is 23.3 Å². The zero-order chi connectivity index (χ0) is 24.5. The summed E-state index contributed by atoms with van der Waals surface area (Å²) in [5.41, 5.74) is 1.12. The molecule has 1 saturated heterocycles. The largest absolute Gasteiger partial charge is 0.493 e. The molecule has 2 amide bonds. The zero-order valence-corrected chi connectivity index (χ0v) is 19.6. The topological polar surface area (TPSA) is 128 Å². The molecule has 3 rings (SSSR count). The molecule has 34 heavy (non-hydrogen) atoms. The number of halogens is 1. The molecule has 1 heterocycles. The van der Waals surface area contributed by atoms with Crippen molar-refractivity contribution in [1.82, 2.24) is 5.32 Å². The molecule has 1 aliphatic heterocycles. The average Bonchev–Trinajstić information content (AvgIpc) is 3.18. The average molecular weight is 503 g/mol. The van der Waals surface area contributed by atoms with Crippen molar-refractivity contribution >= 4 is 58.2 Å². The Labute approximate surface area is 204 Å². The van der Waals surface area contributed by atoms with Gasteiger partial charge in [-0.3, -0.25) is 14.9 Å². The lowest BCUT2D eigenvalue weighted by atomic mass is 10.2. The van der Waals surface area contributed by atoms with E-state index in [9.17, 15) is 14.4 Å². The van der Waals surface area contributed by atoms with Crippen LogP contribution in [-0.2, 0) is 19.1 Å². The summed E-state index contributed by atoms with van der Waals surface area (Å²) in [6.07, 6.45) is 2.52. The van der Waals surface area contributed by atoms with E-state index in [4.69, 9.17) is 21.1 Å². The Kier molecular flexibility index (Phi) is 8.66. The number of nitrogens with zero attached hydrogens (tertiary/aromatic N) is 2. The predicted octanol–water partition coefficient (Wildman–Crippen LogP) is 2.98. The van der Waals surface area contributed by atoms with E-state index in [0.29, 0.717) is 27.8 Å². The summed E-state index contributed by atoms with van der Waals surface area (Å²) in [4.78, 5) is 35.4. The van der Waals surface area contributed by atoms with E-state index in [1.54, 1.807) is 42.5 Å². The summed E-state index contributed by atoms with van der Waals surface area (Å²) in [6, 6.07) is 11.8. The third kappa shape index (κ3) is 6.83. The van der Waals surface area contributed by atoms with Crippen LogP contribution in [0.2, 0.25) is 5.02 Å². The fraction of sp³-hybridized carbons (Fsp3) is 0.136. The highest BCUT2D eigenvalue weighted by atomic mass is 35.5. The number of anilines is 1. The van der Waals surface area contributed by atoms with Crippen LogP contribution in [0.4, 0.5) is 5.69 Å². The highest BCUT2D eigenvalue weighted by Gasteiger charge is 2.25. The quantitative estimate of drug-likeness (QED) is 0.246. The monoisotopic (exact) mass is 502 g/mol. The first kappa shape index (κ1) is 24.8. The number of hydrogen-bond donors (Lipinski definition) is 2. The molecule has 0 atom stereocenters. The lowest BCUT2D eigenvalue weighted by molar-refractivity contribution is -0.135. The van der Waals surface area contributed by atoms with Crippen LogP contribution in [0.25, 0.3) is 0 Å². The molecule has 2 aromatic carbocycles. The third-order valence-corrected chi connectivity index (χ3v) is 5.38. The van der Waals surface area contributed by atoms with Crippen LogP contribution >= 0.6 is 23.4 Å². The molecule has 1 fully saturated rings. The third-order valence-electron chi connectivity index (χ3n) is 4.15. The number of carbonyl (C=O) groups is 3. The van der Waals surface area contributed by atoms with E-state index in [2.05, 4.69) is 25.6 Å². The lowest BCUT2D eigenvalue weighted by Gasteiger charge is -2.12. The number of amidine groups is 1. The maximum Gasteiger partial charge on any atom is 0.331 e. The number of benzene rings is 2. The summed E-state index contributed by atoms with van der Waals surface area (Å²) < 4.78 is 15.4. The van der Waals surface area contributed by atoms with Crippen LogP contribution < -0.4 is 20.1 Å². The van der Waals surface area contributed by atoms with Crippen LogP contribution in [0.5, 0.6) is 11.5 Å².